The monoisotopic (exact) mass is 325 g/mol. The third-order valence-corrected chi connectivity index (χ3v) is 6.22. The van der Waals surface area contributed by atoms with Gasteiger partial charge in [-0.1, -0.05) is 37.3 Å². The van der Waals surface area contributed by atoms with Crippen LogP contribution in [0.25, 0.3) is 0 Å². The quantitative estimate of drug-likeness (QED) is 0.820. The van der Waals surface area contributed by atoms with Crippen LogP contribution in [0, 0.1) is 0 Å². The van der Waals surface area contributed by atoms with Crippen molar-refractivity contribution < 1.29 is 13.5 Å². The summed E-state index contributed by atoms with van der Waals surface area (Å²) in [6.45, 7) is 2.00. The van der Waals surface area contributed by atoms with Gasteiger partial charge in [0.1, 0.15) is 4.21 Å². The van der Waals surface area contributed by atoms with Crippen LogP contribution in [0.3, 0.4) is 0 Å². The first kappa shape index (κ1) is 16.2. The fraction of sp³-hybridized carbons (Fsp3) is 0.333. The lowest BCUT2D eigenvalue weighted by Gasteiger charge is -2.11. The lowest BCUT2D eigenvalue weighted by atomic mass is 10.1. The zero-order valence-electron chi connectivity index (χ0n) is 11.8. The number of hydrogen-bond donors (Lipinski definition) is 2. The van der Waals surface area contributed by atoms with Gasteiger partial charge in [0.2, 0.25) is 10.0 Å². The Morgan fingerprint density at radius 3 is 2.52 bits per heavy atom. The summed E-state index contributed by atoms with van der Waals surface area (Å²) in [6, 6.07) is 12.9. The van der Waals surface area contributed by atoms with E-state index < -0.39 is 16.1 Å². The molecule has 0 radical (unpaired) electrons. The summed E-state index contributed by atoms with van der Waals surface area (Å²) in [7, 11) is -3.53. The number of benzene rings is 1. The van der Waals surface area contributed by atoms with Crippen molar-refractivity contribution in [1.82, 2.24) is 4.72 Å². The first-order valence-electron chi connectivity index (χ1n) is 6.81. The highest BCUT2D eigenvalue weighted by atomic mass is 32.2. The molecule has 0 fully saturated rings. The molecule has 2 N–H and O–H groups in total. The molecule has 0 bridgehead atoms. The van der Waals surface area contributed by atoms with Crippen molar-refractivity contribution in [2.75, 3.05) is 6.54 Å². The van der Waals surface area contributed by atoms with Gasteiger partial charge in [-0.05, 0) is 30.5 Å². The normalized spacial score (nSPS) is 13.2. The third-order valence-electron chi connectivity index (χ3n) is 3.07. The van der Waals surface area contributed by atoms with Crippen molar-refractivity contribution >= 4 is 21.4 Å². The van der Waals surface area contributed by atoms with Crippen molar-refractivity contribution in [2.24, 2.45) is 0 Å². The fourth-order valence-electron chi connectivity index (χ4n) is 1.93. The Labute approximate surface area is 129 Å². The van der Waals surface area contributed by atoms with E-state index in [0.29, 0.717) is 10.6 Å². The second-order valence-electron chi connectivity index (χ2n) is 4.77. The molecule has 0 aliphatic rings. The zero-order chi connectivity index (χ0) is 15.3. The largest absolute Gasteiger partial charge is 0.391 e. The van der Waals surface area contributed by atoms with E-state index in [4.69, 9.17) is 0 Å². The molecular weight excluding hydrogens is 306 g/mol. The van der Waals surface area contributed by atoms with E-state index >= 15 is 0 Å². The van der Waals surface area contributed by atoms with Gasteiger partial charge in [0.05, 0.1) is 6.10 Å². The van der Waals surface area contributed by atoms with Crippen LogP contribution in [-0.2, 0) is 22.9 Å². The molecule has 1 aromatic heterocycles. The molecule has 2 aromatic rings. The number of thiophene rings is 1. The topological polar surface area (TPSA) is 66.4 Å². The van der Waals surface area contributed by atoms with Crippen molar-refractivity contribution in [3.8, 4) is 0 Å². The number of nitrogens with one attached hydrogen (secondary N) is 1. The first-order valence-corrected chi connectivity index (χ1v) is 9.11. The molecule has 114 valence electrons. The number of hydrogen-bond acceptors (Lipinski definition) is 4. The smallest absolute Gasteiger partial charge is 0.250 e. The summed E-state index contributed by atoms with van der Waals surface area (Å²) < 4.78 is 27.0. The summed E-state index contributed by atoms with van der Waals surface area (Å²) >= 11 is 1.26. The van der Waals surface area contributed by atoms with Crippen LogP contribution in [-0.4, -0.2) is 26.2 Å². The van der Waals surface area contributed by atoms with E-state index in [9.17, 15) is 13.5 Å². The molecule has 2 rings (SSSR count). The van der Waals surface area contributed by atoms with Gasteiger partial charge in [0, 0.05) is 11.4 Å². The van der Waals surface area contributed by atoms with Crippen molar-refractivity contribution in [3.63, 3.8) is 0 Å². The minimum atomic E-state index is -3.53. The Hall–Kier alpha value is -1.21. The molecule has 0 amide bonds. The lowest BCUT2D eigenvalue weighted by molar-refractivity contribution is 0.179. The van der Waals surface area contributed by atoms with Gasteiger partial charge in [0.25, 0.3) is 0 Å². The molecular formula is C15H19NO3S2. The average Bonchev–Trinajstić information content (AvgIpc) is 2.96. The Kier molecular flexibility index (Phi) is 5.52. The Morgan fingerprint density at radius 1 is 1.19 bits per heavy atom. The SMILES string of the molecule is CCc1ccc(S(=O)(=O)NCC(O)Cc2ccccc2)s1. The molecule has 1 aromatic carbocycles. The number of sulfonamides is 1. The van der Waals surface area contributed by atoms with Crippen LogP contribution in [0.1, 0.15) is 17.4 Å². The van der Waals surface area contributed by atoms with E-state index in [1.807, 2.05) is 43.3 Å². The van der Waals surface area contributed by atoms with Crippen molar-refractivity contribution in [3.05, 3.63) is 52.9 Å². The number of aryl methyl sites for hydroxylation is 1. The Balaban J connectivity index is 1.92. The van der Waals surface area contributed by atoms with Crippen molar-refractivity contribution in [1.29, 1.82) is 0 Å². The summed E-state index contributed by atoms with van der Waals surface area (Å²) in [5, 5.41) is 9.94. The zero-order valence-corrected chi connectivity index (χ0v) is 13.5. The first-order chi connectivity index (χ1) is 10.0. The molecule has 0 spiro atoms. The number of aliphatic hydroxyl groups is 1. The van der Waals surface area contributed by atoms with E-state index in [1.165, 1.54) is 11.3 Å². The maximum absolute atomic E-state index is 12.1. The Bertz CT molecular complexity index is 665. The second-order valence-corrected chi connectivity index (χ2v) is 7.93. The molecule has 1 unspecified atom stereocenters. The van der Waals surface area contributed by atoms with Gasteiger partial charge in [-0.3, -0.25) is 0 Å². The molecule has 1 heterocycles. The van der Waals surface area contributed by atoms with Crippen LogP contribution in [0.15, 0.2) is 46.7 Å². The highest BCUT2D eigenvalue weighted by molar-refractivity contribution is 7.91. The van der Waals surface area contributed by atoms with Gasteiger partial charge < -0.3 is 5.11 Å². The summed E-state index contributed by atoms with van der Waals surface area (Å²) in [6.07, 6.45) is 0.498. The van der Waals surface area contributed by atoms with Crippen LogP contribution in [0.2, 0.25) is 0 Å². The highest BCUT2D eigenvalue weighted by Crippen LogP contribution is 2.21. The van der Waals surface area contributed by atoms with Gasteiger partial charge in [0.15, 0.2) is 0 Å². The second kappa shape index (κ2) is 7.17. The van der Waals surface area contributed by atoms with E-state index in [0.717, 1.165) is 16.9 Å². The fourth-order valence-corrected chi connectivity index (χ4v) is 4.34. The maximum Gasteiger partial charge on any atom is 0.250 e. The van der Waals surface area contributed by atoms with Crippen molar-refractivity contribution in [2.45, 2.75) is 30.1 Å². The predicted molar refractivity (Wildman–Crippen MR) is 85.0 cm³/mol. The maximum atomic E-state index is 12.1. The van der Waals surface area contributed by atoms with E-state index in [1.54, 1.807) is 6.07 Å². The van der Waals surface area contributed by atoms with Crippen LogP contribution >= 0.6 is 11.3 Å². The van der Waals surface area contributed by atoms with E-state index in [-0.39, 0.29) is 6.54 Å². The molecule has 0 saturated heterocycles. The van der Waals surface area contributed by atoms with Gasteiger partial charge in [-0.15, -0.1) is 11.3 Å². The summed E-state index contributed by atoms with van der Waals surface area (Å²) in [5.74, 6) is 0. The summed E-state index contributed by atoms with van der Waals surface area (Å²) in [4.78, 5) is 1.03. The summed E-state index contributed by atoms with van der Waals surface area (Å²) in [5.41, 5.74) is 0.980. The van der Waals surface area contributed by atoms with Crippen LogP contribution in [0.5, 0.6) is 0 Å². The minimum absolute atomic E-state index is 0.0105. The van der Waals surface area contributed by atoms with Gasteiger partial charge in [-0.25, -0.2) is 13.1 Å². The van der Waals surface area contributed by atoms with Gasteiger partial charge in [-0.2, -0.15) is 0 Å². The van der Waals surface area contributed by atoms with Crippen LogP contribution in [0.4, 0.5) is 0 Å². The lowest BCUT2D eigenvalue weighted by Crippen LogP contribution is -2.32. The molecule has 0 saturated carbocycles. The molecule has 1 atom stereocenters. The highest BCUT2D eigenvalue weighted by Gasteiger charge is 2.18. The molecule has 0 aliphatic heterocycles. The molecule has 4 nitrogen and oxygen atoms in total. The number of aliphatic hydroxyl groups excluding tert-OH is 1. The average molecular weight is 325 g/mol. The molecule has 21 heavy (non-hydrogen) atoms. The predicted octanol–water partition coefficient (Wildman–Crippen LogP) is 2.19. The molecule has 6 heteroatoms. The third kappa shape index (κ3) is 4.64. The molecule has 0 aliphatic carbocycles. The standard InChI is InChI=1S/C15H19NO3S2/c1-2-14-8-9-15(20-14)21(18,19)16-11-13(17)10-12-6-4-3-5-7-12/h3-9,13,16-17H,2,10-11H2,1H3. The van der Waals surface area contributed by atoms with Gasteiger partial charge >= 0.3 is 0 Å². The Morgan fingerprint density at radius 2 is 1.90 bits per heavy atom. The minimum Gasteiger partial charge on any atom is -0.391 e. The van der Waals surface area contributed by atoms with E-state index in [2.05, 4.69) is 4.72 Å². The number of rotatable bonds is 7. The van der Waals surface area contributed by atoms with Crippen LogP contribution < -0.4 is 4.72 Å².